The van der Waals surface area contributed by atoms with Gasteiger partial charge in [0.15, 0.2) is 5.78 Å². The third-order valence-electron chi connectivity index (χ3n) is 4.98. The quantitative estimate of drug-likeness (QED) is 0.467. The van der Waals surface area contributed by atoms with Crippen LogP contribution in [0.3, 0.4) is 0 Å². The van der Waals surface area contributed by atoms with Gasteiger partial charge in [0.1, 0.15) is 10.6 Å². The van der Waals surface area contributed by atoms with Gasteiger partial charge in [0.05, 0.1) is 10.9 Å². The van der Waals surface area contributed by atoms with Gasteiger partial charge in [-0.3, -0.25) is 18.7 Å². The number of ketones is 1. The minimum Gasteiger partial charge on any atom is -0.433 e. The fourth-order valence-electron chi connectivity index (χ4n) is 3.62. The molecule has 0 atom stereocenters. The number of Topliss-reactive ketones (excluding diaryl/α,β-unsaturated/α-hetero) is 1. The van der Waals surface area contributed by atoms with Crippen molar-refractivity contribution in [3.63, 3.8) is 0 Å². The maximum Gasteiger partial charge on any atom is 0.394 e. The van der Waals surface area contributed by atoms with Gasteiger partial charge < -0.3 is 9.84 Å². The van der Waals surface area contributed by atoms with Crippen LogP contribution < -0.4 is 16.0 Å². The van der Waals surface area contributed by atoms with Crippen molar-refractivity contribution in [1.82, 2.24) is 9.13 Å². The predicted octanol–water partition coefficient (Wildman–Crippen LogP) is 4.03. The van der Waals surface area contributed by atoms with Crippen LogP contribution in [0, 0.1) is 5.92 Å². The lowest BCUT2D eigenvalue weighted by molar-refractivity contribution is -0.158. The number of aryl methyl sites for hydroxylation is 1. The number of hydrogen-bond acceptors (Lipinski definition) is 6. The van der Waals surface area contributed by atoms with E-state index in [-0.39, 0.29) is 54.4 Å². The van der Waals surface area contributed by atoms with E-state index < -0.39 is 17.4 Å². The molecule has 0 saturated heterocycles. The predicted molar refractivity (Wildman–Crippen MR) is 123 cm³/mol. The number of hydrogen-bond donors (Lipinski definition) is 1. The fourth-order valence-corrected chi connectivity index (χ4v) is 4.88. The van der Waals surface area contributed by atoms with Gasteiger partial charge in [0, 0.05) is 38.4 Å². The van der Waals surface area contributed by atoms with Crippen molar-refractivity contribution < 1.29 is 23.4 Å². The standard InChI is InChI=1S/C23H26F2N2O5S/c1-13(2)11-16(29)17-18-20(30)27(9-6-10-28)22(31)26(4)21(18)33-19(17)14-7-5-8-15(12-14)32-23(3,24)25/h5,7-8,12-13,28H,6,9-11H2,1-4H3. The van der Waals surface area contributed by atoms with Crippen molar-refractivity contribution in [2.45, 2.75) is 46.3 Å². The van der Waals surface area contributed by atoms with Gasteiger partial charge in [-0.1, -0.05) is 26.0 Å². The van der Waals surface area contributed by atoms with Gasteiger partial charge in [0.2, 0.25) is 0 Å². The van der Waals surface area contributed by atoms with E-state index in [0.29, 0.717) is 22.2 Å². The Bertz CT molecular complexity index is 1300. The summed E-state index contributed by atoms with van der Waals surface area (Å²) in [5.74, 6) is -0.352. The first-order valence-corrected chi connectivity index (χ1v) is 11.3. The highest BCUT2D eigenvalue weighted by Gasteiger charge is 2.27. The molecule has 0 aliphatic rings. The second kappa shape index (κ2) is 9.56. The molecule has 0 amide bonds. The number of halogens is 2. The van der Waals surface area contributed by atoms with E-state index in [1.54, 1.807) is 6.07 Å². The molecule has 0 fully saturated rings. The summed E-state index contributed by atoms with van der Waals surface area (Å²) in [5, 5.41) is 9.27. The maximum absolute atomic E-state index is 13.4. The van der Waals surface area contributed by atoms with Crippen LogP contribution in [0.25, 0.3) is 20.7 Å². The van der Waals surface area contributed by atoms with E-state index in [4.69, 9.17) is 5.11 Å². The topological polar surface area (TPSA) is 90.5 Å². The third kappa shape index (κ3) is 5.22. The molecule has 2 aromatic heterocycles. The van der Waals surface area contributed by atoms with E-state index in [1.807, 2.05) is 13.8 Å². The van der Waals surface area contributed by atoms with Crippen molar-refractivity contribution >= 4 is 27.3 Å². The molecular weight excluding hydrogens is 454 g/mol. The van der Waals surface area contributed by atoms with Gasteiger partial charge in [-0.05, 0) is 30.0 Å². The first-order chi connectivity index (χ1) is 15.4. The number of carbonyl (C=O) groups is 1. The number of nitrogens with zero attached hydrogens (tertiary/aromatic N) is 2. The van der Waals surface area contributed by atoms with Gasteiger partial charge in [-0.2, -0.15) is 8.78 Å². The second-order valence-electron chi connectivity index (χ2n) is 8.32. The SMILES string of the molecule is CC(C)CC(=O)c1c(-c2cccc(OC(C)(F)F)c2)sc2c1c(=O)n(CCCO)c(=O)n2C. The van der Waals surface area contributed by atoms with Gasteiger partial charge >= 0.3 is 11.8 Å². The smallest absolute Gasteiger partial charge is 0.394 e. The molecule has 7 nitrogen and oxygen atoms in total. The summed E-state index contributed by atoms with van der Waals surface area (Å²) in [5.41, 5.74) is -0.566. The number of ether oxygens (including phenoxy) is 1. The van der Waals surface area contributed by atoms with Crippen LogP contribution in [0.1, 0.15) is 44.0 Å². The number of aliphatic hydroxyl groups excluding tert-OH is 1. The normalized spacial score (nSPS) is 12.0. The van der Waals surface area contributed by atoms with Crippen molar-refractivity contribution in [1.29, 1.82) is 0 Å². The molecule has 0 spiro atoms. The Morgan fingerprint density at radius 1 is 1.27 bits per heavy atom. The lowest BCUT2D eigenvalue weighted by Gasteiger charge is -2.14. The van der Waals surface area contributed by atoms with Crippen LogP contribution in [0.5, 0.6) is 5.75 Å². The molecule has 0 bridgehead atoms. The zero-order valence-corrected chi connectivity index (χ0v) is 19.7. The average molecular weight is 481 g/mol. The number of benzene rings is 1. The number of rotatable bonds is 9. The number of aliphatic hydroxyl groups is 1. The number of thiophene rings is 1. The fraction of sp³-hybridized carbons (Fsp3) is 0.435. The van der Waals surface area contributed by atoms with Gasteiger partial charge in [-0.25, -0.2) is 4.79 Å². The molecule has 178 valence electrons. The molecule has 3 rings (SSSR count). The van der Waals surface area contributed by atoms with Crippen molar-refractivity contribution in [3.05, 3.63) is 50.7 Å². The molecule has 0 aliphatic heterocycles. The summed E-state index contributed by atoms with van der Waals surface area (Å²) in [6.45, 7) is 4.19. The lowest BCUT2D eigenvalue weighted by Crippen LogP contribution is -2.39. The molecule has 0 unspecified atom stereocenters. The van der Waals surface area contributed by atoms with Gasteiger partial charge in [-0.15, -0.1) is 11.3 Å². The molecule has 0 saturated carbocycles. The zero-order chi connectivity index (χ0) is 24.5. The average Bonchev–Trinajstić information content (AvgIpc) is 3.12. The Balaban J connectivity index is 2.34. The van der Waals surface area contributed by atoms with E-state index in [1.165, 1.54) is 29.8 Å². The van der Waals surface area contributed by atoms with Crippen LogP contribution in [0.4, 0.5) is 8.78 Å². The molecule has 0 radical (unpaired) electrons. The van der Waals surface area contributed by atoms with E-state index >= 15 is 0 Å². The number of carbonyl (C=O) groups excluding carboxylic acids is 1. The largest absolute Gasteiger partial charge is 0.433 e. The Morgan fingerprint density at radius 2 is 1.97 bits per heavy atom. The summed E-state index contributed by atoms with van der Waals surface area (Å²) in [6, 6.07) is 5.92. The van der Waals surface area contributed by atoms with Crippen LogP contribution in [-0.4, -0.2) is 32.7 Å². The highest BCUT2D eigenvalue weighted by atomic mass is 32.1. The van der Waals surface area contributed by atoms with Crippen LogP contribution in [0.2, 0.25) is 0 Å². The van der Waals surface area contributed by atoms with Crippen LogP contribution >= 0.6 is 11.3 Å². The van der Waals surface area contributed by atoms with Crippen LogP contribution in [-0.2, 0) is 13.6 Å². The number of fused-ring (bicyclic) bond motifs is 1. The minimum absolute atomic E-state index is 0.00977. The van der Waals surface area contributed by atoms with E-state index in [2.05, 4.69) is 4.74 Å². The maximum atomic E-state index is 13.4. The lowest BCUT2D eigenvalue weighted by atomic mass is 9.97. The van der Waals surface area contributed by atoms with Gasteiger partial charge in [0.25, 0.3) is 5.56 Å². The summed E-state index contributed by atoms with van der Waals surface area (Å²) >= 11 is 1.08. The second-order valence-corrected chi connectivity index (χ2v) is 9.32. The molecule has 0 aliphatic carbocycles. The molecule has 1 N–H and O–H groups in total. The molecule has 1 aromatic carbocycles. The summed E-state index contributed by atoms with van der Waals surface area (Å²) < 4.78 is 33.8. The summed E-state index contributed by atoms with van der Waals surface area (Å²) in [4.78, 5) is 40.1. The minimum atomic E-state index is -3.39. The Labute approximate surface area is 192 Å². The zero-order valence-electron chi connectivity index (χ0n) is 18.9. The molecule has 3 aromatic rings. The first kappa shape index (κ1) is 24.8. The Kier molecular flexibility index (Phi) is 7.18. The van der Waals surface area contributed by atoms with Crippen molar-refractivity contribution in [3.8, 4) is 16.2 Å². The van der Waals surface area contributed by atoms with E-state index in [0.717, 1.165) is 15.9 Å². The molecule has 10 heteroatoms. The molecule has 33 heavy (non-hydrogen) atoms. The highest BCUT2D eigenvalue weighted by Crippen LogP contribution is 2.39. The number of alkyl halides is 2. The summed E-state index contributed by atoms with van der Waals surface area (Å²) in [6.07, 6.45) is -3.02. The van der Waals surface area contributed by atoms with Crippen molar-refractivity contribution in [2.24, 2.45) is 13.0 Å². The molecule has 2 heterocycles. The highest BCUT2D eigenvalue weighted by molar-refractivity contribution is 7.22. The van der Waals surface area contributed by atoms with E-state index in [9.17, 15) is 23.2 Å². The van der Waals surface area contributed by atoms with Crippen molar-refractivity contribution in [2.75, 3.05) is 6.61 Å². The first-order valence-electron chi connectivity index (χ1n) is 10.5. The summed E-state index contributed by atoms with van der Waals surface area (Å²) in [7, 11) is 1.51. The third-order valence-corrected chi connectivity index (χ3v) is 6.29. The Morgan fingerprint density at radius 3 is 2.58 bits per heavy atom. The monoisotopic (exact) mass is 480 g/mol. The Hall–Kier alpha value is -2.85. The van der Waals surface area contributed by atoms with Crippen LogP contribution in [0.15, 0.2) is 33.9 Å². The molecular formula is C23H26F2N2O5S. The number of aromatic nitrogens is 2.